The Kier molecular flexibility index (Phi) is 4.01. The molecule has 17 heavy (non-hydrogen) atoms. The van der Waals surface area contributed by atoms with Gasteiger partial charge >= 0.3 is 0 Å². The minimum absolute atomic E-state index is 0.682. The van der Waals surface area contributed by atoms with E-state index in [4.69, 9.17) is 4.74 Å². The summed E-state index contributed by atoms with van der Waals surface area (Å²) in [6, 6.07) is 0. The molecule has 1 fully saturated rings. The number of anilines is 2. The van der Waals surface area contributed by atoms with E-state index in [0.29, 0.717) is 11.6 Å². The molecule has 0 atom stereocenters. The molecule has 5 heteroatoms. The first-order valence-corrected chi connectivity index (χ1v) is 6.15. The van der Waals surface area contributed by atoms with Gasteiger partial charge in [0, 0.05) is 13.6 Å². The van der Waals surface area contributed by atoms with Gasteiger partial charge < -0.3 is 15.4 Å². The molecule has 1 aliphatic rings. The lowest BCUT2D eigenvalue weighted by molar-refractivity contribution is 0.415. The highest BCUT2D eigenvalue weighted by Crippen LogP contribution is 2.33. The minimum atomic E-state index is 0.682. The van der Waals surface area contributed by atoms with Crippen LogP contribution in [0.5, 0.6) is 5.75 Å². The Morgan fingerprint density at radius 3 is 2.76 bits per heavy atom. The number of hydrogen-bond donors (Lipinski definition) is 2. The fourth-order valence-corrected chi connectivity index (χ4v) is 1.88. The number of methoxy groups -OCH3 is 1. The molecule has 0 radical (unpaired) electrons. The maximum atomic E-state index is 5.31. The van der Waals surface area contributed by atoms with Crippen molar-refractivity contribution in [1.82, 2.24) is 9.97 Å². The Balaban J connectivity index is 1.88. The fraction of sp³-hybridized carbons (Fsp3) is 0.667. The van der Waals surface area contributed by atoms with Crippen molar-refractivity contribution in [1.29, 1.82) is 0 Å². The summed E-state index contributed by atoms with van der Waals surface area (Å²) < 4.78 is 5.31. The monoisotopic (exact) mass is 236 g/mol. The molecule has 0 amide bonds. The van der Waals surface area contributed by atoms with Crippen molar-refractivity contribution in [3.63, 3.8) is 0 Å². The molecule has 0 spiro atoms. The van der Waals surface area contributed by atoms with Crippen LogP contribution in [-0.4, -0.2) is 30.7 Å². The zero-order valence-corrected chi connectivity index (χ0v) is 10.5. The highest BCUT2D eigenvalue weighted by Gasteiger charge is 2.20. The van der Waals surface area contributed by atoms with Crippen LogP contribution in [0.2, 0.25) is 0 Å². The summed E-state index contributed by atoms with van der Waals surface area (Å²) in [5.74, 6) is 3.15. The SMILES string of the molecule is CNc1ncnc(NCCCC2CC2)c1OC. The second-order valence-corrected chi connectivity index (χ2v) is 4.37. The van der Waals surface area contributed by atoms with E-state index in [0.717, 1.165) is 18.3 Å². The first-order chi connectivity index (χ1) is 8.35. The third-order valence-corrected chi connectivity index (χ3v) is 3.02. The summed E-state index contributed by atoms with van der Waals surface area (Å²) in [6.07, 6.45) is 6.88. The van der Waals surface area contributed by atoms with Crippen LogP contribution in [-0.2, 0) is 0 Å². The molecular weight excluding hydrogens is 216 g/mol. The maximum Gasteiger partial charge on any atom is 0.204 e. The molecular formula is C12H20N4O. The van der Waals surface area contributed by atoms with Crippen LogP contribution in [0, 0.1) is 5.92 Å². The lowest BCUT2D eigenvalue weighted by Gasteiger charge is -2.12. The molecule has 5 nitrogen and oxygen atoms in total. The quantitative estimate of drug-likeness (QED) is 0.710. The zero-order valence-electron chi connectivity index (χ0n) is 10.5. The van der Waals surface area contributed by atoms with Gasteiger partial charge in [0.2, 0.25) is 5.75 Å². The van der Waals surface area contributed by atoms with Crippen LogP contribution in [0.4, 0.5) is 11.6 Å². The molecule has 0 aliphatic heterocycles. The van der Waals surface area contributed by atoms with Crippen molar-refractivity contribution in [3.8, 4) is 5.75 Å². The highest BCUT2D eigenvalue weighted by molar-refractivity contribution is 5.63. The molecule has 1 aromatic heterocycles. The molecule has 1 aromatic rings. The fourth-order valence-electron chi connectivity index (χ4n) is 1.88. The predicted molar refractivity (Wildman–Crippen MR) is 68.6 cm³/mol. The molecule has 2 rings (SSSR count). The molecule has 0 bridgehead atoms. The number of hydrogen-bond acceptors (Lipinski definition) is 5. The lowest BCUT2D eigenvalue weighted by Crippen LogP contribution is -2.08. The van der Waals surface area contributed by atoms with Gasteiger partial charge in [-0.05, 0) is 18.8 Å². The normalized spacial score (nSPS) is 14.5. The highest BCUT2D eigenvalue weighted by atomic mass is 16.5. The molecule has 2 N–H and O–H groups in total. The van der Waals surface area contributed by atoms with Crippen LogP contribution in [0.3, 0.4) is 0 Å². The van der Waals surface area contributed by atoms with Gasteiger partial charge in [-0.3, -0.25) is 0 Å². The smallest absolute Gasteiger partial charge is 0.204 e. The van der Waals surface area contributed by atoms with Crippen molar-refractivity contribution >= 4 is 11.6 Å². The maximum absolute atomic E-state index is 5.31. The molecule has 1 aliphatic carbocycles. The van der Waals surface area contributed by atoms with Crippen LogP contribution < -0.4 is 15.4 Å². The Morgan fingerprint density at radius 1 is 1.35 bits per heavy atom. The topological polar surface area (TPSA) is 59.1 Å². The molecule has 1 heterocycles. The van der Waals surface area contributed by atoms with Gasteiger partial charge in [0.15, 0.2) is 11.6 Å². The van der Waals surface area contributed by atoms with Crippen LogP contribution >= 0.6 is 0 Å². The van der Waals surface area contributed by atoms with Gasteiger partial charge in [-0.25, -0.2) is 9.97 Å². The average molecular weight is 236 g/mol. The number of ether oxygens (including phenoxy) is 1. The van der Waals surface area contributed by atoms with Crippen molar-refractivity contribution in [2.45, 2.75) is 25.7 Å². The van der Waals surface area contributed by atoms with E-state index in [1.54, 1.807) is 7.11 Å². The minimum Gasteiger partial charge on any atom is -0.490 e. The lowest BCUT2D eigenvalue weighted by atomic mass is 10.2. The van der Waals surface area contributed by atoms with Gasteiger partial charge in [-0.1, -0.05) is 12.8 Å². The average Bonchev–Trinajstić information content (AvgIpc) is 3.18. The molecule has 94 valence electrons. The molecule has 0 unspecified atom stereocenters. The standard InChI is InChI=1S/C12H20N4O/c1-13-11-10(17-2)12(16-8-15-11)14-7-3-4-9-5-6-9/h8-9H,3-7H2,1-2H3,(H2,13,14,15,16). The largest absolute Gasteiger partial charge is 0.490 e. The number of nitrogens with zero attached hydrogens (tertiary/aromatic N) is 2. The van der Waals surface area contributed by atoms with Gasteiger partial charge in [-0.15, -0.1) is 0 Å². The first kappa shape index (κ1) is 12.0. The van der Waals surface area contributed by atoms with Crippen molar-refractivity contribution in [2.75, 3.05) is 31.3 Å². The van der Waals surface area contributed by atoms with E-state index in [2.05, 4.69) is 20.6 Å². The van der Waals surface area contributed by atoms with Gasteiger partial charge in [0.25, 0.3) is 0 Å². The number of aromatic nitrogens is 2. The van der Waals surface area contributed by atoms with Crippen LogP contribution in [0.25, 0.3) is 0 Å². The predicted octanol–water partition coefficient (Wildman–Crippen LogP) is 2.13. The van der Waals surface area contributed by atoms with Gasteiger partial charge in [0.1, 0.15) is 6.33 Å². The van der Waals surface area contributed by atoms with E-state index >= 15 is 0 Å². The van der Waals surface area contributed by atoms with E-state index < -0.39 is 0 Å². The number of nitrogens with one attached hydrogen (secondary N) is 2. The van der Waals surface area contributed by atoms with E-state index in [1.165, 1.54) is 32.0 Å². The second kappa shape index (κ2) is 5.70. The summed E-state index contributed by atoms with van der Waals surface area (Å²) in [5.41, 5.74) is 0. The molecule has 0 saturated heterocycles. The summed E-state index contributed by atoms with van der Waals surface area (Å²) in [4.78, 5) is 8.31. The molecule has 1 saturated carbocycles. The van der Waals surface area contributed by atoms with Gasteiger partial charge in [0.05, 0.1) is 7.11 Å². The Hall–Kier alpha value is -1.52. The Bertz CT molecular complexity index is 366. The van der Waals surface area contributed by atoms with Crippen molar-refractivity contribution in [3.05, 3.63) is 6.33 Å². The van der Waals surface area contributed by atoms with Gasteiger partial charge in [-0.2, -0.15) is 0 Å². The van der Waals surface area contributed by atoms with E-state index in [1.807, 2.05) is 7.05 Å². The second-order valence-electron chi connectivity index (χ2n) is 4.37. The number of rotatable bonds is 7. The van der Waals surface area contributed by atoms with E-state index in [9.17, 15) is 0 Å². The zero-order chi connectivity index (χ0) is 12.1. The summed E-state index contributed by atoms with van der Waals surface area (Å²) in [5, 5.41) is 6.30. The first-order valence-electron chi connectivity index (χ1n) is 6.15. The third-order valence-electron chi connectivity index (χ3n) is 3.02. The van der Waals surface area contributed by atoms with Crippen molar-refractivity contribution < 1.29 is 4.74 Å². The van der Waals surface area contributed by atoms with Crippen LogP contribution in [0.15, 0.2) is 6.33 Å². The summed E-state index contributed by atoms with van der Waals surface area (Å²) in [6.45, 7) is 0.938. The Labute approximate surface area is 102 Å². The summed E-state index contributed by atoms with van der Waals surface area (Å²) >= 11 is 0. The summed E-state index contributed by atoms with van der Waals surface area (Å²) in [7, 11) is 3.45. The third kappa shape index (κ3) is 3.22. The van der Waals surface area contributed by atoms with Crippen LogP contribution in [0.1, 0.15) is 25.7 Å². The van der Waals surface area contributed by atoms with Crippen molar-refractivity contribution in [2.24, 2.45) is 5.92 Å². The van der Waals surface area contributed by atoms with E-state index in [-0.39, 0.29) is 0 Å². The Morgan fingerprint density at radius 2 is 2.12 bits per heavy atom. The molecule has 0 aromatic carbocycles.